The summed E-state index contributed by atoms with van der Waals surface area (Å²) in [4.78, 5) is 21.7. The minimum atomic E-state index is -0.673. The van der Waals surface area contributed by atoms with Crippen LogP contribution in [0.1, 0.15) is 24.4 Å². The summed E-state index contributed by atoms with van der Waals surface area (Å²) in [5.74, 6) is 0.872. The number of hydrogen-bond acceptors (Lipinski definition) is 4. The van der Waals surface area contributed by atoms with E-state index in [1.54, 1.807) is 19.1 Å². The summed E-state index contributed by atoms with van der Waals surface area (Å²) in [7, 11) is 2.00. The Kier molecular flexibility index (Phi) is 6.32. The zero-order valence-electron chi connectivity index (χ0n) is 17.8. The molecule has 1 aliphatic heterocycles. The number of rotatable bonds is 6. The fourth-order valence-corrected chi connectivity index (χ4v) is 4.05. The van der Waals surface area contributed by atoms with Crippen molar-refractivity contribution in [3.8, 4) is 5.75 Å². The number of halogens is 1. The van der Waals surface area contributed by atoms with Gasteiger partial charge in [0.15, 0.2) is 6.10 Å². The van der Waals surface area contributed by atoms with Gasteiger partial charge >= 0.3 is 0 Å². The van der Waals surface area contributed by atoms with Crippen LogP contribution in [0.15, 0.2) is 67.0 Å². The Morgan fingerprint density at radius 1 is 1.06 bits per heavy atom. The molecule has 1 amide bonds. The van der Waals surface area contributed by atoms with Crippen molar-refractivity contribution in [2.75, 3.05) is 26.2 Å². The predicted molar refractivity (Wildman–Crippen MR) is 116 cm³/mol. The summed E-state index contributed by atoms with van der Waals surface area (Å²) in [6, 6.07) is 16.2. The maximum Gasteiger partial charge on any atom is 0.263 e. The van der Waals surface area contributed by atoms with Crippen molar-refractivity contribution in [1.29, 1.82) is 0 Å². The van der Waals surface area contributed by atoms with E-state index >= 15 is 0 Å². The fourth-order valence-electron chi connectivity index (χ4n) is 4.05. The van der Waals surface area contributed by atoms with E-state index < -0.39 is 6.10 Å². The molecule has 6 nitrogen and oxygen atoms in total. The first-order valence-electron chi connectivity index (χ1n) is 10.5. The van der Waals surface area contributed by atoms with Gasteiger partial charge in [-0.15, -0.1) is 0 Å². The van der Waals surface area contributed by atoms with Gasteiger partial charge in [-0.05, 0) is 24.6 Å². The zero-order chi connectivity index (χ0) is 21.8. The Morgan fingerprint density at radius 3 is 2.45 bits per heavy atom. The lowest BCUT2D eigenvalue weighted by Gasteiger charge is -2.39. The topological polar surface area (TPSA) is 50.6 Å². The van der Waals surface area contributed by atoms with Crippen LogP contribution in [0, 0.1) is 5.82 Å². The molecule has 3 aromatic rings. The van der Waals surface area contributed by atoms with Crippen molar-refractivity contribution in [3.05, 3.63) is 84.2 Å². The Bertz CT molecular complexity index is 1020. The van der Waals surface area contributed by atoms with E-state index in [4.69, 9.17) is 4.74 Å². The van der Waals surface area contributed by atoms with Crippen LogP contribution in [0.5, 0.6) is 5.75 Å². The molecule has 1 fully saturated rings. The van der Waals surface area contributed by atoms with Gasteiger partial charge in [-0.25, -0.2) is 9.37 Å². The van der Waals surface area contributed by atoms with E-state index in [0.717, 1.165) is 18.9 Å². The van der Waals surface area contributed by atoms with E-state index in [9.17, 15) is 9.18 Å². The lowest BCUT2D eigenvalue weighted by Crippen LogP contribution is -2.52. The summed E-state index contributed by atoms with van der Waals surface area (Å²) in [6.45, 7) is 4.36. The molecule has 1 aliphatic rings. The Hall–Kier alpha value is -3.19. The molecule has 0 bridgehead atoms. The Balaban J connectivity index is 1.43. The average molecular weight is 423 g/mol. The largest absolute Gasteiger partial charge is 0.481 e. The number of ether oxygens (including phenoxy) is 1. The minimum Gasteiger partial charge on any atom is -0.481 e. The first-order valence-corrected chi connectivity index (χ1v) is 10.5. The van der Waals surface area contributed by atoms with Crippen LogP contribution in [-0.2, 0) is 11.8 Å². The number of aromatic nitrogens is 2. The quantitative estimate of drug-likeness (QED) is 0.612. The molecule has 2 heterocycles. The maximum absolute atomic E-state index is 13.4. The van der Waals surface area contributed by atoms with Crippen molar-refractivity contribution in [3.63, 3.8) is 0 Å². The SMILES string of the molecule is C[C@@H](Oc1cccc(F)c1)C(=O)N1CCN([C@@H](c2ccccc2)c2nccn2C)CC1. The number of aryl methyl sites for hydroxylation is 1. The van der Waals surface area contributed by atoms with Crippen molar-refractivity contribution in [1.82, 2.24) is 19.4 Å². The van der Waals surface area contributed by atoms with Gasteiger partial charge in [0.25, 0.3) is 5.91 Å². The molecule has 0 unspecified atom stereocenters. The van der Waals surface area contributed by atoms with Gasteiger partial charge in [-0.3, -0.25) is 9.69 Å². The number of carbonyl (C=O) groups is 1. The summed E-state index contributed by atoms with van der Waals surface area (Å²) < 4.78 is 21.1. The molecule has 0 spiro atoms. The van der Waals surface area contributed by atoms with Crippen molar-refractivity contribution in [2.24, 2.45) is 7.05 Å². The van der Waals surface area contributed by atoms with Crippen LogP contribution < -0.4 is 4.74 Å². The minimum absolute atomic E-state index is 0.0272. The molecule has 2 aromatic carbocycles. The van der Waals surface area contributed by atoms with Crippen LogP contribution in [0.4, 0.5) is 4.39 Å². The number of amides is 1. The second-order valence-corrected chi connectivity index (χ2v) is 7.79. The Labute approximate surface area is 181 Å². The third-order valence-corrected chi connectivity index (χ3v) is 5.67. The Morgan fingerprint density at radius 2 is 1.81 bits per heavy atom. The average Bonchev–Trinajstić information content (AvgIpc) is 3.20. The van der Waals surface area contributed by atoms with Gasteiger partial charge in [0.1, 0.15) is 17.4 Å². The monoisotopic (exact) mass is 422 g/mol. The number of imidazole rings is 1. The van der Waals surface area contributed by atoms with Crippen LogP contribution in [0.25, 0.3) is 0 Å². The summed E-state index contributed by atoms with van der Waals surface area (Å²) in [6.07, 6.45) is 3.10. The summed E-state index contributed by atoms with van der Waals surface area (Å²) in [5.41, 5.74) is 1.18. The van der Waals surface area contributed by atoms with Crippen LogP contribution in [0.3, 0.4) is 0 Å². The third kappa shape index (κ3) is 4.77. The fraction of sp³-hybridized carbons (Fsp3) is 0.333. The molecule has 2 atom stereocenters. The summed E-state index contributed by atoms with van der Waals surface area (Å²) >= 11 is 0. The normalized spacial score (nSPS) is 16.7. The second-order valence-electron chi connectivity index (χ2n) is 7.79. The van der Waals surface area contributed by atoms with Gasteiger partial charge in [0, 0.05) is 51.7 Å². The van der Waals surface area contributed by atoms with Gasteiger partial charge in [-0.2, -0.15) is 0 Å². The zero-order valence-corrected chi connectivity index (χ0v) is 17.8. The lowest BCUT2D eigenvalue weighted by molar-refractivity contribution is -0.140. The lowest BCUT2D eigenvalue weighted by atomic mass is 10.0. The molecule has 0 aliphatic carbocycles. The molecular formula is C24H27FN4O2. The second kappa shape index (κ2) is 9.31. The number of benzene rings is 2. The van der Waals surface area contributed by atoms with Crippen molar-refractivity contribution in [2.45, 2.75) is 19.1 Å². The smallest absolute Gasteiger partial charge is 0.263 e. The standard InChI is InChI=1S/C24H27FN4O2/c1-18(31-21-10-6-9-20(25)17-21)24(30)29-15-13-28(14-16-29)22(19-7-4-3-5-8-19)23-26-11-12-27(23)2/h3-12,17-18,22H,13-16H2,1-2H3/t18-,22+/m1/s1. The number of piperazine rings is 1. The van der Waals surface area contributed by atoms with Crippen LogP contribution >= 0.6 is 0 Å². The highest BCUT2D eigenvalue weighted by Gasteiger charge is 2.32. The number of carbonyl (C=O) groups excluding carboxylic acids is 1. The highest BCUT2D eigenvalue weighted by atomic mass is 19.1. The molecule has 1 aromatic heterocycles. The van der Waals surface area contributed by atoms with Crippen LogP contribution in [0.2, 0.25) is 0 Å². The van der Waals surface area contributed by atoms with E-state index in [-0.39, 0.29) is 17.8 Å². The highest BCUT2D eigenvalue weighted by Crippen LogP contribution is 2.28. The molecule has 31 heavy (non-hydrogen) atoms. The van der Waals surface area contributed by atoms with Gasteiger partial charge < -0.3 is 14.2 Å². The van der Waals surface area contributed by atoms with Gasteiger partial charge in [0.05, 0.1) is 6.04 Å². The first-order chi connectivity index (χ1) is 15.0. The molecule has 4 rings (SSSR count). The van der Waals surface area contributed by atoms with Gasteiger partial charge in [0.2, 0.25) is 0 Å². The first kappa shape index (κ1) is 21.1. The molecule has 7 heteroatoms. The highest BCUT2D eigenvalue weighted by molar-refractivity contribution is 5.81. The van der Waals surface area contributed by atoms with E-state index in [2.05, 4.69) is 22.0 Å². The van der Waals surface area contributed by atoms with E-state index in [1.165, 1.54) is 17.7 Å². The molecule has 1 saturated heterocycles. The van der Waals surface area contributed by atoms with Gasteiger partial charge in [-0.1, -0.05) is 36.4 Å². The molecule has 0 radical (unpaired) electrons. The van der Waals surface area contributed by atoms with E-state index in [1.807, 2.05) is 47.1 Å². The third-order valence-electron chi connectivity index (χ3n) is 5.67. The van der Waals surface area contributed by atoms with Crippen LogP contribution in [-0.4, -0.2) is 57.5 Å². The predicted octanol–water partition coefficient (Wildman–Crippen LogP) is 3.26. The molecule has 162 valence electrons. The molecule has 0 saturated carbocycles. The maximum atomic E-state index is 13.4. The molecular weight excluding hydrogens is 395 g/mol. The summed E-state index contributed by atoms with van der Waals surface area (Å²) in [5, 5.41) is 0. The van der Waals surface area contributed by atoms with E-state index in [0.29, 0.717) is 18.8 Å². The van der Waals surface area contributed by atoms with Crippen molar-refractivity contribution < 1.29 is 13.9 Å². The number of hydrogen-bond donors (Lipinski definition) is 0. The van der Waals surface area contributed by atoms with Crippen molar-refractivity contribution >= 4 is 5.91 Å². The number of nitrogens with zero attached hydrogens (tertiary/aromatic N) is 4. The molecule has 0 N–H and O–H groups in total.